The van der Waals surface area contributed by atoms with Crippen LogP contribution in [0.5, 0.6) is 0 Å². The number of benzene rings is 1. The Labute approximate surface area is 116 Å². The lowest BCUT2D eigenvalue weighted by molar-refractivity contribution is -0.420. The van der Waals surface area contributed by atoms with Gasteiger partial charge in [0.15, 0.2) is 0 Å². The standard InChI is InChI=1S/C13H16N4OS/c14-16-13(19)17-6-12-10(5-8(17)7-18)9-3-1-2-4-11(9)15-12/h1-4,8,15,18H,5-7,14H2,(H,16,19)/p+1. The average molecular weight is 277 g/mol. The van der Waals surface area contributed by atoms with Crippen molar-refractivity contribution in [1.82, 2.24) is 15.3 Å². The lowest BCUT2D eigenvalue weighted by Crippen LogP contribution is -2.71. The summed E-state index contributed by atoms with van der Waals surface area (Å²) >= 11 is 5.26. The second-order valence-electron chi connectivity index (χ2n) is 4.78. The third-order valence-electron chi connectivity index (χ3n) is 3.73. The highest BCUT2D eigenvalue weighted by atomic mass is 32.1. The van der Waals surface area contributed by atoms with E-state index in [1.54, 1.807) is 0 Å². The molecule has 0 bridgehead atoms. The molecule has 5 nitrogen and oxygen atoms in total. The van der Waals surface area contributed by atoms with E-state index in [9.17, 15) is 5.11 Å². The Morgan fingerprint density at radius 1 is 1.53 bits per heavy atom. The number of nitrogens with one attached hydrogen (secondary N) is 2. The minimum Gasteiger partial charge on any atom is -0.394 e. The molecule has 6 N–H and O–H groups in total. The van der Waals surface area contributed by atoms with Crippen LogP contribution in [0.15, 0.2) is 24.3 Å². The minimum absolute atomic E-state index is 0.00783. The first-order valence-corrected chi connectivity index (χ1v) is 6.68. The van der Waals surface area contributed by atoms with Crippen LogP contribution in [0.1, 0.15) is 11.3 Å². The van der Waals surface area contributed by atoms with Crippen molar-refractivity contribution in [2.45, 2.75) is 19.0 Å². The van der Waals surface area contributed by atoms with Gasteiger partial charge >= 0.3 is 0 Å². The Morgan fingerprint density at radius 3 is 3.05 bits per heavy atom. The van der Waals surface area contributed by atoms with E-state index >= 15 is 0 Å². The van der Waals surface area contributed by atoms with Gasteiger partial charge in [0.2, 0.25) is 5.11 Å². The third kappa shape index (κ3) is 1.98. The molecule has 0 saturated heterocycles. The molecule has 6 heteroatoms. The SMILES string of the molecule is [NH3+]NC(=S)N1Cc2[nH]c3ccccc3c2CC1CO. The van der Waals surface area contributed by atoms with Crippen molar-refractivity contribution in [1.29, 1.82) is 0 Å². The van der Waals surface area contributed by atoms with Crippen molar-refractivity contribution in [3.05, 3.63) is 35.5 Å². The third-order valence-corrected chi connectivity index (χ3v) is 4.11. The number of hydrogen-bond donors (Lipinski definition) is 4. The zero-order chi connectivity index (χ0) is 13.4. The number of fused-ring (bicyclic) bond motifs is 3. The maximum atomic E-state index is 9.58. The molecule has 2 aromatic rings. The highest BCUT2D eigenvalue weighted by molar-refractivity contribution is 7.80. The number of aromatic nitrogens is 1. The smallest absolute Gasteiger partial charge is 0.216 e. The molecule has 1 aliphatic rings. The Morgan fingerprint density at radius 2 is 2.32 bits per heavy atom. The fourth-order valence-electron chi connectivity index (χ4n) is 2.77. The number of aliphatic hydroxyl groups excluding tert-OH is 1. The molecule has 0 aliphatic carbocycles. The Hall–Kier alpha value is -1.63. The monoisotopic (exact) mass is 277 g/mol. The van der Waals surface area contributed by atoms with Gasteiger partial charge in [0.25, 0.3) is 0 Å². The molecule has 0 fully saturated rings. The van der Waals surface area contributed by atoms with Crippen LogP contribution in [-0.2, 0) is 13.0 Å². The van der Waals surface area contributed by atoms with Crippen molar-refractivity contribution < 1.29 is 10.9 Å². The highest BCUT2D eigenvalue weighted by Gasteiger charge is 2.30. The molecule has 1 aromatic carbocycles. The highest BCUT2D eigenvalue weighted by Crippen LogP contribution is 2.29. The van der Waals surface area contributed by atoms with Crippen LogP contribution in [0.4, 0.5) is 0 Å². The molecule has 3 rings (SSSR count). The summed E-state index contributed by atoms with van der Waals surface area (Å²) in [5, 5.41) is 11.4. The topological polar surface area (TPSA) is 78.9 Å². The van der Waals surface area contributed by atoms with Crippen molar-refractivity contribution in [2.24, 2.45) is 0 Å². The van der Waals surface area contributed by atoms with Gasteiger partial charge in [-0.25, -0.2) is 5.43 Å². The molecule has 100 valence electrons. The summed E-state index contributed by atoms with van der Waals surface area (Å²) in [6.45, 7) is 0.761. The van der Waals surface area contributed by atoms with Gasteiger partial charge in [-0.1, -0.05) is 18.2 Å². The Bertz CT molecular complexity index is 624. The van der Waals surface area contributed by atoms with E-state index in [1.807, 2.05) is 17.0 Å². The van der Waals surface area contributed by atoms with E-state index in [4.69, 9.17) is 12.2 Å². The molecule has 1 unspecified atom stereocenters. The first-order chi connectivity index (χ1) is 9.24. The van der Waals surface area contributed by atoms with Crippen molar-refractivity contribution in [2.75, 3.05) is 6.61 Å². The number of thiocarbonyl (C=S) groups is 1. The zero-order valence-electron chi connectivity index (χ0n) is 10.5. The number of rotatable bonds is 1. The van der Waals surface area contributed by atoms with E-state index in [2.05, 4.69) is 28.4 Å². The van der Waals surface area contributed by atoms with E-state index < -0.39 is 0 Å². The van der Waals surface area contributed by atoms with Gasteiger partial charge in [-0.05, 0) is 30.3 Å². The van der Waals surface area contributed by atoms with E-state index in [0.29, 0.717) is 11.7 Å². The molecule has 0 radical (unpaired) electrons. The van der Waals surface area contributed by atoms with Crippen LogP contribution in [0.25, 0.3) is 10.9 Å². The number of para-hydroxylation sites is 1. The lowest BCUT2D eigenvalue weighted by atomic mass is 9.97. The molecule has 1 atom stereocenters. The van der Waals surface area contributed by atoms with Gasteiger partial charge in [0.1, 0.15) is 0 Å². The van der Waals surface area contributed by atoms with Crippen LogP contribution in [0.2, 0.25) is 0 Å². The maximum Gasteiger partial charge on any atom is 0.216 e. The lowest BCUT2D eigenvalue weighted by Gasteiger charge is -2.35. The van der Waals surface area contributed by atoms with Gasteiger partial charge in [-0.15, -0.1) is 0 Å². The molecule has 0 spiro atoms. The number of H-pyrrole nitrogens is 1. The number of hydrogen-bond acceptors (Lipinski definition) is 2. The first kappa shape index (κ1) is 12.4. The van der Waals surface area contributed by atoms with E-state index in [1.165, 1.54) is 16.6 Å². The van der Waals surface area contributed by atoms with Gasteiger partial charge in [0, 0.05) is 16.6 Å². The molecule has 0 saturated carbocycles. The van der Waals surface area contributed by atoms with E-state index in [0.717, 1.165) is 11.9 Å². The van der Waals surface area contributed by atoms with Crippen molar-refractivity contribution in [3.8, 4) is 0 Å². The predicted molar refractivity (Wildman–Crippen MR) is 77.0 cm³/mol. The minimum atomic E-state index is 0.00783. The molecular weight excluding hydrogens is 260 g/mol. The fourth-order valence-corrected chi connectivity index (χ4v) is 2.99. The number of aliphatic hydroxyl groups is 1. The first-order valence-electron chi connectivity index (χ1n) is 6.27. The molecule has 2 heterocycles. The summed E-state index contributed by atoms with van der Waals surface area (Å²) in [5.74, 6) is 3.60. The van der Waals surface area contributed by atoms with Crippen LogP contribution >= 0.6 is 12.2 Å². The number of nitrogens with zero attached hydrogens (tertiary/aromatic N) is 1. The molecular formula is C13H17N4OS+. The van der Waals surface area contributed by atoms with Crippen LogP contribution in [0, 0.1) is 0 Å². The van der Waals surface area contributed by atoms with Crippen LogP contribution in [-0.4, -0.2) is 32.8 Å². The Balaban J connectivity index is 2.05. The summed E-state index contributed by atoms with van der Waals surface area (Å²) in [5.41, 5.74) is 6.34. The largest absolute Gasteiger partial charge is 0.394 e. The van der Waals surface area contributed by atoms with Crippen molar-refractivity contribution >= 4 is 28.2 Å². The molecule has 1 aliphatic heterocycles. The molecule has 0 amide bonds. The molecule has 1 aromatic heterocycles. The van der Waals surface area contributed by atoms with E-state index in [-0.39, 0.29) is 12.6 Å². The second-order valence-corrected chi connectivity index (χ2v) is 5.16. The second kappa shape index (κ2) is 4.80. The zero-order valence-corrected chi connectivity index (χ0v) is 11.3. The predicted octanol–water partition coefficient (Wildman–Crippen LogP) is -0.0817. The number of aromatic amines is 1. The fraction of sp³-hybridized carbons (Fsp3) is 0.308. The Kier molecular flexibility index (Phi) is 3.14. The summed E-state index contributed by atoms with van der Waals surface area (Å²) in [6.07, 6.45) is 0.789. The molecule has 19 heavy (non-hydrogen) atoms. The van der Waals surface area contributed by atoms with Gasteiger partial charge in [-0.3, -0.25) is 5.84 Å². The van der Waals surface area contributed by atoms with Gasteiger partial charge in [-0.2, -0.15) is 0 Å². The quantitative estimate of drug-likeness (QED) is 0.434. The summed E-state index contributed by atoms with van der Waals surface area (Å²) < 4.78 is 0. The van der Waals surface area contributed by atoms with Crippen LogP contribution in [0.3, 0.4) is 0 Å². The average Bonchev–Trinajstić information content (AvgIpc) is 2.82. The van der Waals surface area contributed by atoms with Crippen molar-refractivity contribution in [3.63, 3.8) is 0 Å². The number of quaternary nitrogens is 1. The maximum absolute atomic E-state index is 9.58. The summed E-state index contributed by atoms with van der Waals surface area (Å²) in [6, 6.07) is 8.26. The summed E-state index contributed by atoms with van der Waals surface area (Å²) in [4.78, 5) is 5.42. The van der Waals surface area contributed by atoms with Crippen LogP contribution < -0.4 is 11.3 Å². The van der Waals surface area contributed by atoms with Gasteiger partial charge < -0.3 is 15.0 Å². The summed E-state index contributed by atoms with van der Waals surface area (Å²) in [7, 11) is 0. The normalized spacial score (nSPS) is 18.4. The van der Waals surface area contributed by atoms with Gasteiger partial charge in [0.05, 0.1) is 19.2 Å².